The fourth-order valence-electron chi connectivity index (χ4n) is 3.00. The maximum atomic E-state index is 12.6. The Bertz CT molecular complexity index is 1410. The third-order valence-electron chi connectivity index (χ3n) is 4.65. The second-order valence-corrected chi connectivity index (χ2v) is 9.77. The molecule has 1 aromatic rings. The molecule has 0 aromatic heterocycles. The van der Waals surface area contributed by atoms with Crippen LogP contribution in [0.1, 0.15) is 0 Å². The van der Waals surface area contributed by atoms with Gasteiger partial charge in [0.1, 0.15) is 66.1 Å². The minimum Gasteiger partial charge on any atom is -0.421 e. The topological polar surface area (TPSA) is 178 Å². The highest BCUT2D eigenvalue weighted by Gasteiger charge is 2.36. The van der Waals surface area contributed by atoms with E-state index in [0.717, 1.165) is 0 Å². The van der Waals surface area contributed by atoms with Gasteiger partial charge >= 0.3 is 60.7 Å². The molecule has 0 fully saturated rings. The van der Waals surface area contributed by atoms with Crippen LogP contribution in [0, 0.1) is 0 Å². The number of esters is 5. The molecule has 0 saturated heterocycles. The van der Waals surface area contributed by atoms with E-state index in [4.69, 9.17) is 0 Å². The summed E-state index contributed by atoms with van der Waals surface area (Å²) in [7, 11) is 0. The van der Waals surface area contributed by atoms with Crippen LogP contribution in [0.15, 0.2) is 6.07 Å². The van der Waals surface area contributed by atoms with Gasteiger partial charge in [-0.2, -0.15) is 65.9 Å². The molecule has 0 atom stereocenters. The van der Waals surface area contributed by atoms with E-state index in [1.54, 1.807) is 0 Å². The number of hydrogen-bond acceptors (Lipinski definition) is 15. The van der Waals surface area contributed by atoms with Crippen LogP contribution >= 0.6 is 0 Å². The summed E-state index contributed by atoms with van der Waals surface area (Å²) < 4.78 is 231. The minimum absolute atomic E-state index is 0.0270. The number of halogens is 15. The Morgan fingerprint density at radius 2 is 0.536 bits per heavy atom. The Kier molecular flexibility index (Phi) is 18.5. The minimum atomic E-state index is -5.12. The first-order valence-electron chi connectivity index (χ1n) is 13.9. The molecule has 0 unspecified atom stereocenters. The molecule has 0 amide bonds. The summed E-state index contributed by atoms with van der Waals surface area (Å²) in [5.41, 5.74) is 0. The van der Waals surface area contributed by atoms with Gasteiger partial charge in [-0.3, -0.25) is 0 Å². The largest absolute Gasteiger partial charge is 0.421 e. The quantitative estimate of drug-likeness (QED) is 0.104. The zero-order valence-electron chi connectivity index (χ0n) is 26.9. The summed E-state index contributed by atoms with van der Waals surface area (Å²) in [5.74, 6) is -18.4. The van der Waals surface area contributed by atoms with E-state index in [9.17, 15) is 89.8 Å². The van der Waals surface area contributed by atoms with Gasteiger partial charge in [-0.1, -0.05) is 0 Å². The first-order chi connectivity index (χ1) is 25.4. The molecule has 15 nitrogen and oxygen atoms in total. The van der Waals surface area contributed by atoms with Crippen molar-refractivity contribution in [1.82, 2.24) is 0 Å². The van der Waals surface area contributed by atoms with Crippen LogP contribution in [0.5, 0.6) is 28.7 Å². The van der Waals surface area contributed by atoms with Gasteiger partial charge in [0.15, 0.2) is 11.5 Å². The van der Waals surface area contributed by atoms with Crippen molar-refractivity contribution in [3.8, 4) is 28.7 Å². The summed E-state index contributed by atoms with van der Waals surface area (Å²) in [5, 5.41) is 0. The molecule has 0 bridgehead atoms. The Balaban J connectivity index is 3.94. The number of ether oxygens (including phenoxy) is 10. The molecule has 0 radical (unpaired) electrons. The van der Waals surface area contributed by atoms with Crippen LogP contribution in [0.25, 0.3) is 0 Å². The van der Waals surface area contributed by atoms with Crippen LogP contribution in [0.3, 0.4) is 0 Å². The van der Waals surface area contributed by atoms with E-state index in [2.05, 4.69) is 47.4 Å². The van der Waals surface area contributed by atoms with E-state index in [0.29, 0.717) is 0 Å². The molecule has 0 aliphatic rings. The third-order valence-corrected chi connectivity index (χ3v) is 4.65. The van der Waals surface area contributed by atoms with Gasteiger partial charge in [-0.05, 0) is 0 Å². The number of rotatable bonds is 20. The second kappa shape index (κ2) is 21.0. The molecule has 320 valence electrons. The third kappa shape index (κ3) is 23.3. The van der Waals surface area contributed by atoms with Crippen molar-refractivity contribution in [2.75, 3.05) is 66.1 Å². The Labute approximate surface area is 299 Å². The van der Waals surface area contributed by atoms with Crippen molar-refractivity contribution >= 4 is 29.8 Å². The molecule has 0 aliphatic heterocycles. The van der Waals surface area contributed by atoms with Gasteiger partial charge in [0.05, 0.1) is 0 Å². The molecule has 0 aliphatic carbocycles. The van der Waals surface area contributed by atoms with Crippen molar-refractivity contribution in [2.24, 2.45) is 0 Å². The second-order valence-electron chi connectivity index (χ2n) is 9.77. The van der Waals surface area contributed by atoms with E-state index >= 15 is 0 Å². The number of carbonyl (C=O) groups excluding carboxylic acids is 5. The predicted octanol–water partition coefficient (Wildman–Crippen LogP) is 4.11. The van der Waals surface area contributed by atoms with Gasteiger partial charge in [0, 0.05) is 6.07 Å². The Morgan fingerprint density at radius 3 is 0.750 bits per heavy atom. The molecule has 0 saturated carbocycles. The van der Waals surface area contributed by atoms with E-state index in [1.807, 2.05) is 0 Å². The molecular weight excluding hydrogens is 837 g/mol. The van der Waals surface area contributed by atoms with Crippen molar-refractivity contribution < 1.29 is 137 Å². The highest BCUT2D eigenvalue weighted by Crippen LogP contribution is 2.51. The van der Waals surface area contributed by atoms with Gasteiger partial charge in [0.2, 0.25) is 17.2 Å². The molecule has 56 heavy (non-hydrogen) atoms. The van der Waals surface area contributed by atoms with E-state index in [1.165, 1.54) is 0 Å². The summed E-state index contributed by atoms with van der Waals surface area (Å²) in [6.07, 6.45) is -25.5. The van der Waals surface area contributed by atoms with Crippen LogP contribution in [0.2, 0.25) is 0 Å². The standard InChI is InChI=1S/C26H21F15O15/c27-22(28,29)7-47-2-14(42)52-12-1-13(53-15(43)3-48-8-23(30,31)32)20(55-17(45)5-50-10-25(36,37)38)21(56-18(46)6-51-11-26(39,40)41)19(12)54-16(44)4-49-9-24(33,34)35/h1H,2-11H2. The van der Waals surface area contributed by atoms with E-state index in [-0.39, 0.29) is 6.07 Å². The van der Waals surface area contributed by atoms with Gasteiger partial charge in [-0.15, -0.1) is 0 Å². The van der Waals surface area contributed by atoms with Gasteiger partial charge < -0.3 is 47.4 Å². The molecule has 30 heteroatoms. The summed E-state index contributed by atoms with van der Waals surface area (Å²) in [6, 6.07) is 0.0270. The lowest BCUT2D eigenvalue weighted by molar-refractivity contribution is -0.181. The predicted molar refractivity (Wildman–Crippen MR) is 139 cm³/mol. The maximum absolute atomic E-state index is 12.6. The van der Waals surface area contributed by atoms with Gasteiger partial charge in [-0.25, -0.2) is 24.0 Å². The lowest BCUT2D eigenvalue weighted by Crippen LogP contribution is -2.27. The SMILES string of the molecule is O=C(COCC(F)(F)F)Oc1cc(OC(=O)COCC(F)(F)F)c(OC(=O)COCC(F)(F)F)c(OC(=O)COCC(F)(F)F)c1OC(=O)COCC(F)(F)F. The lowest BCUT2D eigenvalue weighted by atomic mass is 10.2. The summed E-state index contributed by atoms with van der Waals surface area (Å²) >= 11 is 0. The molecule has 1 aromatic carbocycles. The Hall–Kier alpha value is -4.68. The van der Waals surface area contributed by atoms with Crippen LogP contribution in [-0.4, -0.2) is 127 Å². The molecule has 1 rings (SSSR count). The number of carbonyl (C=O) groups is 5. The highest BCUT2D eigenvalue weighted by molar-refractivity contribution is 5.86. The summed E-state index contributed by atoms with van der Waals surface area (Å²) in [6.45, 7) is -19.4. The lowest BCUT2D eigenvalue weighted by Gasteiger charge is -2.20. The van der Waals surface area contributed by atoms with Crippen molar-refractivity contribution in [3.05, 3.63) is 6.07 Å². The fourth-order valence-corrected chi connectivity index (χ4v) is 3.00. The van der Waals surface area contributed by atoms with Crippen molar-refractivity contribution in [3.63, 3.8) is 0 Å². The van der Waals surface area contributed by atoms with E-state index < -0.39 is 156 Å². The monoisotopic (exact) mass is 858 g/mol. The number of hydrogen-bond donors (Lipinski definition) is 0. The van der Waals surface area contributed by atoms with Crippen molar-refractivity contribution in [1.29, 1.82) is 0 Å². The average molecular weight is 858 g/mol. The molecular formula is C26H21F15O15. The Morgan fingerprint density at radius 1 is 0.339 bits per heavy atom. The van der Waals surface area contributed by atoms with Crippen LogP contribution < -0.4 is 23.7 Å². The number of benzene rings is 1. The number of alkyl halides is 15. The average Bonchev–Trinajstić information content (AvgIpc) is 2.97. The molecule has 0 spiro atoms. The molecule has 0 N–H and O–H groups in total. The smallest absolute Gasteiger partial charge is 0.411 e. The fraction of sp³-hybridized carbons (Fsp3) is 0.577. The normalized spacial score (nSPS) is 12.6. The maximum Gasteiger partial charge on any atom is 0.411 e. The summed E-state index contributed by atoms with van der Waals surface area (Å²) in [4.78, 5) is 62.1. The molecule has 0 heterocycles. The highest BCUT2D eigenvalue weighted by atomic mass is 19.4. The zero-order valence-corrected chi connectivity index (χ0v) is 26.9. The van der Waals surface area contributed by atoms with Crippen LogP contribution in [-0.2, 0) is 47.7 Å². The first-order valence-corrected chi connectivity index (χ1v) is 13.9. The van der Waals surface area contributed by atoms with Crippen molar-refractivity contribution in [2.45, 2.75) is 30.9 Å². The van der Waals surface area contributed by atoms with Crippen LogP contribution in [0.4, 0.5) is 65.9 Å². The first kappa shape index (κ1) is 49.3. The van der Waals surface area contributed by atoms with Gasteiger partial charge in [0.25, 0.3) is 0 Å². The zero-order chi connectivity index (χ0) is 43.1.